The van der Waals surface area contributed by atoms with Crippen LogP contribution in [-0.2, 0) is 22.6 Å². The largest absolute Gasteiger partial charge is 0.494 e. The molecule has 1 aromatic carbocycles. The predicted octanol–water partition coefficient (Wildman–Crippen LogP) is 6.21. The Balaban J connectivity index is 1.43. The zero-order valence-corrected chi connectivity index (χ0v) is 23.9. The van der Waals surface area contributed by atoms with Crippen molar-refractivity contribution in [1.29, 1.82) is 0 Å². The van der Waals surface area contributed by atoms with Crippen LogP contribution in [-0.4, -0.2) is 49.2 Å². The zero-order chi connectivity index (χ0) is 26.0. The lowest BCUT2D eigenvalue weighted by molar-refractivity contribution is -0.113. The molecule has 0 radical (unpaired) electrons. The molecule has 0 spiro atoms. The summed E-state index contributed by atoms with van der Waals surface area (Å²) in [7, 11) is 0. The molecule has 5 rings (SSSR count). The number of carbonyl (C=O) groups is 1. The molecule has 3 aromatic heterocycles. The van der Waals surface area contributed by atoms with E-state index in [0.29, 0.717) is 18.4 Å². The summed E-state index contributed by atoms with van der Waals surface area (Å²) in [6, 6.07) is 7.38. The molecule has 0 aliphatic carbocycles. The Hall–Kier alpha value is -2.34. The summed E-state index contributed by atoms with van der Waals surface area (Å²) in [5, 5.41) is 14.7. The van der Waals surface area contributed by atoms with Crippen LogP contribution in [0.2, 0.25) is 0 Å². The van der Waals surface area contributed by atoms with E-state index in [4.69, 9.17) is 14.5 Å². The summed E-state index contributed by atoms with van der Waals surface area (Å²) < 4.78 is 13.7. The lowest BCUT2D eigenvalue weighted by Crippen LogP contribution is -2.33. The van der Waals surface area contributed by atoms with Crippen molar-refractivity contribution in [3.8, 4) is 5.75 Å². The van der Waals surface area contributed by atoms with Crippen molar-refractivity contribution < 1.29 is 14.3 Å². The number of thiophene rings is 1. The van der Waals surface area contributed by atoms with E-state index in [0.717, 1.165) is 57.5 Å². The van der Waals surface area contributed by atoms with Gasteiger partial charge in [-0.1, -0.05) is 37.4 Å². The van der Waals surface area contributed by atoms with Gasteiger partial charge in [0.2, 0.25) is 5.91 Å². The first-order chi connectivity index (χ1) is 17.9. The number of benzene rings is 1. The van der Waals surface area contributed by atoms with Gasteiger partial charge in [0.15, 0.2) is 16.0 Å². The summed E-state index contributed by atoms with van der Waals surface area (Å²) in [5.41, 5.74) is 2.63. The summed E-state index contributed by atoms with van der Waals surface area (Å²) in [6.07, 6.45) is 2.80. The molecule has 0 unspecified atom stereocenters. The van der Waals surface area contributed by atoms with Crippen molar-refractivity contribution in [3.63, 3.8) is 0 Å². The Morgan fingerprint density at radius 1 is 1.19 bits per heavy atom. The average Bonchev–Trinajstić information content (AvgIpc) is 3.48. The number of thioether (sulfide) groups is 2. The third kappa shape index (κ3) is 5.45. The quantitative estimate of drug-likeness (QED) is 0.182. The van der Waals surface area contributed by atoms with E-state index in [-0.39, 0.29) is 17.3 Å². The van der Waals surface area contributed by atoms with E-state index in [2.05, 4.69) is 36.3 Å². The van der Waals surface area contributed by atoms with Gasteiger partial charge in [0.25, 0.3) is 0 Å². The first-order valence-electron chi connectivity index (χ1n) is 12.6. The Kier molecular flexibility index (Phi) is 7.94. The number of fused-ring (bicyclic) bond motifs is 5. The summed E-state index contributed by atoms with van der Waals surface area (Å²) in [6.45, 7) is 9.64. The summed E-state index contributed by atoms with van der Waals surface area (Å²) in [5.74, 6) is 1.83. The molecule has 0 fully saturated rings. The molecule has 1 aliphatic rings. The molecular weight excluding hydrogens is 527 g/mol. The van der Waals surface area contributed by atoms with Crippen LogP contribution in [0.5, 0.6) is 5.75 Å². The smallest absolute Gasteiger partial charge is 0.234 e. The molecular formula is C26H31N5O3S3. The lowest BCUT2D eigenvalue weighted by Gasteiger charge is -2.33. The predicted molar refractivity (Wildman–Crippen MR) is 151 cm³/mol. The molecule has 1 atom stereocenters. The van der Waals surface area contributed by atoms with Gasteiger partial charge < -0.3 is 14.8 Å². The van der Waals surface area contributed by atoms with Crippen LogP contribution in [0.3, 0.4) is 0 Å². The highest BCUT2D eigenvalue weighted by Gasteiger charge is 2.33. The molecule has 4 aromatic rings. The molecule has 196 valence electrons. The van der Waals surface area contributed by atoms with Gasteiger partial charge in [-0.15, -0.1) is 21.5 Å². The molecule has 4 heterocycles. The van der Waals surface area contributed by atoms with Crippen LogP contribution < -0.4 is 10.1 Å². The van der Waals surface area contributed by atoms with Gasteiger partial charge in [0, 0.05) is 22.7 Å². The number of ether oxygens (including phenoxy) is 2. The minimum atomic E-state index is -0.190. The normalized spacial score (nSPS) is 17.3. The zero-order valence-electron chi connectivity index (χ0n) is 21.5. The molecule has 0 bridgehead atoms. The van der Waals surface area contributed by atoms with Gasteiger partial charge in [-0.05, 0) is 56.5 Å². The minimum Gasteiger partial charge on any atom is -0.494 e. The molecule has 0 saturated heterocycles. The highest BCUT2D eigenvalue weighted by atomic mass is 32.2. The fourth-order valence-electron chi connectivity index (χ4n) is 4.26. The number of nitrogens with zero attached hydrogens (tertiary/aromatic N) is 4. The van der Waals surface area contributed by atoms with Crippen LogP contribution >= 0.6 is 34.9 Å². The van der Waals surface area contributed by atoms with Crippen molar-refractivity contribution in [2.45, 2.75) is 69.5 Å². The highest BCUT2D eigenvalue weighted by Crippen LogP contribution is 2.42. The molecule has 0 saturated carbocycles. The Labute approximate surface area is 228 Å². The molecule has 1 N–H and O–H groups in total. The van der Waals surface area contributed by atoms with Crippen LogP contribution in [0, 0.1) is 0 Å². The Morgan fingerprint density at radius 3 is 2.73 bits per heavy atom. The second kappa shape index (κ2) is 11.2. The van der Waals surface area contributed by atoms with Crippen molar-refractivity contribution >= 4 is 62.3 Å². The SMILES string of the molecule is CCCSc1nc2sc3c(c2c2nnc(SCC(=O)Nc4ccc(OCC)cc4)n12)C[C@@](C)(CC)OC3. The topological polar surface area (TPSA) is 90.6 Å². The van der Waals surface area contributed by atoms with E-state index < -0.39 is 0 Å². The number of carbonyl (C=O) groups excluding carboxylic acids is 1. The molecule has 1 aliphatic heterocycles. The maximum atomic E-state index is 12.7. The third-order valence-corrected chi connectivity index (χ3v) is 9.56. The first-order valence-corrected chi connectivity index (χ1v) is 15.3. The van der Waals surface area contributed by atoms with E-state index in [1.807, 2.05) is 35.6 Å². The monoisotopic (exact) mass is 557 g/mol. The van der Waals surface area contributed by atoms with Crippen molar-refractivity contribution in [2.75, 3.05) is 23.4 Å². The van der Waals surface area contributed by atoms with E-state index in [9.17, 15) is 4.79 Å². The second-order valence-corrected chi connectivity index (χ2v) is 12.2. The maximum Gasteiger partial charge on any atom is 0.234 e. The van der Waals surface area contributed by atoms with Gasteiger partial charge in [-0.25, -0.2) is 9.38 Å². The molecule has 37 heavy (non-hydrogen) atoms. The number of aromatic nitrogens is 4. The Bertz CT molecular complexity index is 1420. The van der Waals surface area contributed by atoms with Gasteiger partial charge in [0.1, 0.15) is 10.6 Å². The van der Waals surface area contributed by atoms with Crippen LogP contribution in [0.4, 0.5) is 5.69 Å². The van der Waals surface area contributed by atoms with Crippen molar-refractivity contribution in [1.82, 2.24) is 19.6 Å². The Morgan fingerprint density at radius 2 is 2.00 bits per heavy atom. The molecule has 11 heteroatoms. The summed E-state index contributed by atoms with van der Waals surface area (Å²) in [4.78, 5) is 20.0. The fourth-order valence-corrected chi connectivity index (χ4v) is 7.05. The van der Waals surface area contributed by atoms with Gasteiger partial charge >= 0.3 is 0 Å². The number of anilines is 1. The lowest BCUT2D eigenvalue weighted by atomic mass is 9.90. The van der Waals surface area contributed by atoms with E-state index in [1.54, 1.807) is 23.1 Å². The van der Waals surface area contributed by atoms with Gasteiger partial charge in [0.05, 0.1) is 30.0 Å². The summed E-state index contributed by atoms with van der Waals surface area (Å²) >= 11 is 4.77. The average molecular weight is 558 g/mol. The van der Waals surface area contributed by atoms with E-state index in [1.165, 1.54) is 22.2 Å². The van der Waals surface area contributed by atoms with Crippen LogP contribution in [0.1, 0.15) is 51.0 Å². The van der Waals surface area contributed by atoms with Crippen molar-refractivity contribution in [3.05, 3.63) is 34.7 Å². The second-order valence-electron chi connectivity index (χ2n) is 9.13. The third-order valence-electron chi connectivity index (χ3n) is 6.38. The van der Waals surface area contributed by atoms with Crippen LogP contribution in [0.15, 0.2) is 34.6 Å². The number of rotatable bonds is 10. The highest BCUT2D eigenvalue weighted by molar-refractivity contribution is 8.00. The number of amides is 1. The molecule has 8 nitrogen and oxygen atoms in total. The number of hydrogen-bond donors (Lipinski definition) is 1. The standard InChI is InChI=1S/C26H31N5O3S3/c1-5-12-35-24-28-23-21(18-13-26(4,6-2)34-14-19(18)37-23)22-29-30-25(31(22)24)36-15-20(32)27-16-8-10-17(11-9-16)33-7-3/h8-11H,5-7,12-15H2,1-4H3,(H,27,32)/t26-/m1/s1. The minimum absolute atomic E-state index is 0.105. The van der Waals surface area contributed by atoms with Gasteiger partial charge in [-0.2, -0.15) is 0 Å². The van der Waals surface area contributed by atoms with Crippen molar-refractivity contribution in [2.24, 2.45) is 0 Å². The first kappa shape index (κ1) is 26.3. The maximum absolute atomic E-state index is 12.7. The number of hydrogen-bond acceptors (Lipinski definition) is 9. The molecule has 1 amide bonds. The van der Waals surface area contributed by atoms with E-state index >= 15 is 0 Å². The fraction of sp³-hybridized carbons (Fsp3) is 0.462. The number of nitrogens with one attached hydrogen (secondary N) is 1. The van der Waals surface area contributed by atoms with Gasteiger partial charge in [-0.3, -0.25) is 4.79 Å². The van der Waals surface area contributed by atoms with Crippen LogP contribution in [0.25, 0.3) is 15.9 Å².